The SMILES string of the molecule is c1ccc(C(c2ccccc2)[NH+]2CC[NH+]([C@H]3Cc4ccccc4Sc4ccccc43)CC2)cc1. The van der Waals surface area contributed by atoms with Gasteiger partial charge in [-0.15, -0.1) is 0 Å². The van der Waals surface area contributed by atoms with Crippen molar-refractivity contribution >= 4 is 11.8 Å². The average molecular weight is 465 g/mol. The van der Waals surface area contributed by atoms with E-state index in [1.54, 1.807) is 9.80 Å². The summed E-state index contributed by atoms with van der Waals surface area (Å²) in [5.74, 6) is 0. The van der Waals surface area contributed by atoms with Crippen molar-refractivity contribution in [2.45, 2.75) is 28.3 Å². The van der Waals surface area contributed by atoms with Crippen molar-refractivity contribution in [2.75, 3.05) is 26.2 Å². The minimum absolute atomic E-state index is 0.404. The molecule has 4 aromatic carbocycles. The first kappa shape index (κ1) is 21.7. The van der Waals surface area contributed by atoms with E-state index < -0.39 is 0 Å². The van der Waals surface area contributed by atoms with Crippen LogP contribution >= 0.6 is 11.8 Å². The normalized spacial score (nSPS) is 22.0. The van der Waals surface area contributed by atoms with Crippen molar-refractivity contribution < 1.29 is 9.80 Å². The first-order valence-corrected chi connectivity index (χ1v) is 13.3. The number of piperazine rings is 1. The quantitative estimate of drug-likeness (QED) is 0.464. The maximum Gasteiger partial charge on any atom is 0.139 e. The molecule has 2 aliphatic heterocycles. The first-order valence-electron chi connectivity index (χ1n) is 12.5. The maximum absolute atomic E-state index is 2.38. The van der Waals surface area contributed by atoms with Gasteiger partial charge >= 0.3 is 0 Å². The van der Waals surface area contributed by atoms with Crippen LogP contribution in [0, 0.1) is 0 Å². The molecule has 2 aliphatic rings. The molecule has 1 fully saturated rings. The van der Waals surface area contributed by atoms with Gasteiger partial charge < -0.3 is 9.80 Å². The van der Waals surface area contributed by atoms with Crippen molar-refractivity contribution in [3.05, 3.63) is 131 Å². The highest BCUT2D eigenvalue weighted by Gasteiger charge is 2.37. The molecule has 4 aromatic rings. The van der Waals surface area contributed by atoms with E-state index in [9.17, 15) is 0 Å². The molecule has 1 atom stereocenters. The summed E-state index contributed by atoms with van der Waals surface area (Å²) in [6, 6.07) is 41.3. The molecule has 34 heavy (non-hydrogen) atoms. The van der Waals surface area contributed by atoms with Crippen LogP contribution in [0.2, 0.25) is 0 Å². The number of rotatable bonds is 4. The van der Waals surface area contributed by atoms with E-state index in [1.807, 2.05) is 11.8 Å². The molecule has 170 valence electrons. The Balaban J connectivity index is 1.27. The number of benzene rings is 4. The largest absolute Gasteiger partial charge is 0.319 e. The molecule has 0 saturated carbocycles. The lowest BCUT2D eigenvalue weighted by atomic mass is 9.94. The molecule has 0 spiro atoms. The van der Waals surface area contributed by atoms with Crippen molar-refractivity contribution in [2.24, 2.45) is 0 Å². The second-order valence-electron chi connectivity index (χ2n) is 9.58. The van der Waals surface area contributed by atoms with Crippen LogP contribution in [0.5, 0.6) is 0 Å². The highest BCUT2D eigenvalue weighted by molar-refractivity contribution is 7.99. The summed E-state index contributed by atoms with van der Waals surface area (Å²) in [6.45, 7) is 4.79. The predicted molar refractivity (Wildman–Crippen MR) is 140 cm³/mol. The average Bonchev–Trinajstić information content (AvgIpc) is 3.07. The third-order valence-corrected chi connectivity index (χ3v) is 8.82. The Morgan fingerprint density at radius 2 is 1.15 bits per heavy atom. The lowest BCUT2D eigenvalue weighted by Gasteiger charge is -2.38. The van der Waals surface area contributed by atoms with E-state index in [0.29, 0.717) is 12.1 Å². The molecule has 3 heteroatoms. The van der Waals surface area contributed by atoms with Crippen molar-refractivity contribution in [1.82, 2.24) is 0 Å². The second-order valence-corrected chi connectivity index (χ2v) is 10.7. The molecule has 1 saturated heterocycles. The van der Waals surface area contributed by atoms with Crippen molar-refractivity contribution in [3.8, 4) is 0 Å². The lowest BCUT2D eigenvalue weighted by molar-refractivity contribution is -1.04. The van der Waals surface area contributed by atoms with Gasteiger partial charge in [0.1, 0.15) is 38.3 Å². The molecular formula is C31H32N2S+2. The van der Waals surface area contributed by atoms with Crippen molar-refractivity contribution in [1.29, 1.82) is 0 Å². The van der Waals surface area contributed by atoms with Crippen LogP contribution in [0.25, 0.3) is 0 Å². The Kier molecular flexibility index (Phi) is 6.24. The highest BCUT2D eigenvalue weighted by Crippen LogP contribution is 2.39. The fraction of sp³-hybridized carbons (Fsp3) is 0.226. The molecule has 0 radical (unpaired) electrons. The van der Waals surface area contributed by atoms with Crippen LogP contribution in [-0.4, -0.2) is 26.2 Å². The number of hydrogen-bond donors (Lipinski definition) is 2. The Hall–Kier alpha value is -2.85. The molecule has 0 unspecified atom stereocenters. The monoisotopic (exact) mass is 464 g/mol. The van der Waals surface area contributed by atoms with Crippen LogP contribution in [0.3, 0.4) is 0 Å². The molecule has 2 N–H and O–H groups in total. The summed E-state index contributed by atoms with van der Waals surface area (Å²) < 4.78 is 0. The van der Waals surface area contributed by atoms with Gasteiger partial charge in [0.05, 0.1) is 0 Å². The van der Waals surface area contributed by atoms with E-state index >= 15 is 0 Å². The fourth-order valence-electron chi connectivity index (χ4n) is 5.93. The minimum atomic E-state index is 0.404. The summed E-state index contributed by atoms with van der Waals surface area (Å²) >= 11 is 1.95. The topological polar surface area (TPSA) is 8.88 Å². The second kappa shape index (κ2) is 9.79. The molecular weight excluding hydrogens is 432 g/mol. The number of fused-ring (bicyclic) bond motifs is 2. The van der Waals surface area contributed by atoms with E-state index in [4.69, 9.17) is 0 Å². The van der Waals surface area contributed by atoms with Gasteiger partial charge in [0.25, 0.3) is 0 Å². The standard InChI is InChI=1S/C31H30N2S/c1-3-11-24(12-4-1)31(25-13-5-2-6-14-25)33-21-19-32(20-22-33)28-23-26-15-7-9-17-29(26)34-30-18-10-8-16-27(28)30/h1-18,28,31H,19-23H2/p+2/t28-/m0/s1. The van der Waals surface area contributed by atoms with Gasteiger partial charge in [0.2, 0.25) is 0 Å². The molecule has 0 aliphatic carbocycles. The van der Waals surface area contributed by atoms with Gasteiger partial charge in [-0.3, -0.25) is 0 Å². The summed E-state index contributed by atoms with van der Waals surface area (Å²) in [4.78, 5) is 6.30. The summed E-state index contributed by atoms with van der Waals surface area (Å²) in [6.07, 6.45) is 1.13. The fourth-order valence-corrected chi connectivity index (χ4v) is 7.07. The zero-order valence-electron chi connectivity index (χ0n) is 19.5. The molecule has 0 bridgehead atoms. The van der Waals surface area contributed by atoms with Crippen LogP contribution in [0.4, 0.5) is 0 Å². The Morgan fingerprint density at radius 1 is 0.588 bits per heavy atom. The van der Waals surface area contributed by atoms with Crippen LogP contribution < -0.4 is 9.80 Å². The van der Waals surface area contributed by atoms with Gasteiger partial charge in [-0.25, -0.2) is 0 Å². The van der Waals surface area contributed by atoms with Crippen LogP contribution in [-0.2, 0) is 6.42 Å². The summed E-state index contributed by atoms with van der Waals surface area (Å²) in [5, 5.41) is 0. The Bertz CT molecular complexity index is 1190. The zero-order valence-corrected chi connectivity index (χ0v) is 20.3. The number of hydrogen-bond acceptors (Lipinski definition) is 1. The van der Waals surface area contributed by atoms with Crippen LogP contribution in [0.1, 0.15) is 34.3 Å². The zero-order chi connectivity index (χ0) is 22.7. The van der Waals surface area contributed by atoms with Crippen molar-refractivity contribution in [3.63, 3.8) is 0 Å². The van der Waals surface area contributed by atoms with E-state index in [0.717, 1.165) is 6.42 Å². The first-order chi connectivity index (χ1) is 16.9. The van der Waals surface area contributed by atoms with Crippen LogP contribution in [0.15, 0.2) is 119 Å². The minimum Gasteiger partial charge on any atom is -0.319 e. The van der Waals surface area contributed by atoms with E-state index in [1.165, 1.54) is 58.2 Å². The molecule has 0 aromatic heterocycles. The third kappa shape index (κ3) is 4.32. The third-order valence-electron chi connectivity index (χ3n) is 7.61. The molecule has 0 amide bonds. The summed E-state index contributed by atoms with van der Waals surface area (Å²) in [5.41, 5.74) is 5.89. The Labute approximate surface area is 207 Å². The Morgan fingerprint density at radius 3 is 1.82 bits per heavy atom. The van der Waals surface area contributed by atoms with Gasteiger partial charge in [0.15, 0.2) is 0 Å². The summed E-state index contributed by atoms with van der Waals surface area (Å²) in [7, 11) is 0. The predicted octanol–water partition coefficient (Wildman–Crippen LogP) is 4.01. The van der Waals surface area contributed by atoms with Gasteiger partial charge in [-0.1, -0.05) is 109 Å². The highest BCUT2D eigenvalue weighted by atomic mass is 32.2. The molecule has 2 nitrogen and oxygen atoms in total. The van der Waals surface area contributed by atoms with E-state index in [2.05, 4.69) is 109 Å². The van der Waals surface area contributed by atoms with E-state index in [-0.39, 0.29) is 0 Å². The molecule has 2 heterocycles. The lowest BCUT2D eigenvalue weighted by Crippen LogP contribution is -3.28. The van der Waals surface area contributed by atoms with Gasteiger partial charge in [-0.2, -0.15) is 0 Å². The maximum atomic E-state index is 2.38. The number of quaternary nitrogens is 2. The molecule has 6 rings (SSSR count). The van der Waals surface area contributed by atoms with Gasteiger partial charge in [0, 0.05) is 32.9 Å². The smallest absolute Gasteiger partial charge is 0.139 e. The van der Waals surface area contributed by atoms with Gasteiger partial charge in [-0.05, 0) is 17.7 Å². The number of nitrogens with one attached hydrogen (secondary N) is 2.